The van der Waals surface area contributed by atoms with E-state index in [0.717, 1.165) is 24.2 Å². The maximum Gasteiger partial charge on any atom is 0.409 e. The van der Waals surface area contributed by atoms with Crippen LogP contribution in [-0.2, 0) is 22.3 Å². The maximum atomic E-state index is 12.5. The number of hydrogen-bond donors (Lipinski definition) is 1. The molecule has 1 amide bonds. The van der Waals surface area contributed by atoms with E-state index in [0.29, 0.717) is 18.9 Å². The highest BCUT2D eigenvalue weighted by atomic mass is 19.1. The van der Waals surface area contributed by atoms with Gasteiger partial charge >= 0.3 is 6.09 Å². The van der Waals surface area contributed by atoms with Gasteiger partial charge in [0, 0.05) is 12.7 Å². The van der Waals surface area contributed by atoms with E-state index < -0.39 is 12.8 Å². The van der Waals surface area contributed by atoms with E-state index in [2.05, 4.69) is 15.3 Å². The van der Waals surface area contributed by atoms with Crippen LogP contribution in [0.4, 0.5) is 15.0 Å². The number of methoxy groups -OCH3 is 1. The number of aryl methyl sites for hydroxylation is 2. The fraction of sp³-hybridized carbons (Fsp3) is 0.706. The van der Waals surface area contributed by atoms with Crippen molar-refractivity contribution in [2.24, 2.45) is 0 Å². The number of carbonyl (C=O) groups is 1. The molecule has 2 rings (SSSR count). The van der Waals surface area contributed by atoms with E-state index in [1.165, 1.54) is 7.11 Å². The van der Waals surface area contributed by atoms with Crippen molar-refractivity contribution in [2.45, 2.75) is 46.3 Å². The summed E-state index contributed by atoms with van der Waals surface area (Å²) >= 11 is 0. The first-order chi connectivity index (χ1) is 11.6. The van der Waals surface area contributed by atoms with Gasteiger partial charge in [0.05, 0.1) is 43.8 Å². The monoisotopic (exact) mass is 356 g/mol. The third-order valence-corrected chi connectivity index (χ3v) is 4.03. The average Bonchev–Trinajstić information content (AvgIpc) is 3.01. The van der Waals surface area contributed by atoms with Crippen LogP contribution >= 0.6 is 0 Å². The van der Waals surface area contributed by atoms with Gasteiger partial charge in [0.15, 0.2) is 0 Å². The maximum absolute atomic E-state index is 12.5. The van der Waals surface area contributed by atoms with Crippen molar-refractivity contribution in [1.29, 1.82) is 0 Å². The molecule has 142 valence electrons. The lowest BCUT2D eigenvalue weighted by Gasteiger charge is -2.21. The van der Waals surface area contributed by atoms with Crippen molar-refractivity contribution in [3.8, 4) is 0 Å². The minimum Gasteiger partial charge on any atom is -0.453 e. The molecule has 1 aliphatic rings. The van der Waals surface area contributed by atoms with Crippen LogP contribution in [0.2, 0.25) is 0 Å². The number of halogens is 1. The third kappa shape index (κ3) is 5.26. The Kier molecular flexibility index (Phi) is 8.54. The summed E-state index contributed by atoms with van der Waals surface area (Å²) in [6, 6.07) is -0.192. The number of rotatable bonds is 7. The van der Waals surface area contributed by atoms with Crippen LogP contribution in [0, 0.1) is 0 Å². The van der Waals surface area contributed by atoms with Gasteiger partial charge in [-0.25, -0.2) is 14.2 Å². The predicted molar refractivity (Wildman–Crippen MR) is 94.6 cm³/mol. The van der Waals surface area contributed by atoms with Crippen LogP contribution in [-0.4, -0.2) is 66.6 Å². The molecule has 8 heteroatoms. The van der Waals surface area contributed by atoms with Crippen LogP contribution < -0.4 is 5.32 Å². The smallest absolute Gasteiger partial charge is 0.409 e. The topological polar surface area (TPSA) is 76.6 Å². The summed E-state index contributed by atoms with van der Waals surface area (Å²) < 4.78 is 22.8. The Morgan fingerprint density at radius 2 is 2.16 bits per heavy atom. The van der Waals surface area contributed by atoms with Crippen molar-refractivity contribution in [3.05, 3.63) is 17.6 Å². The van der Waals surface area contributed by atoms with Crippen molar-refractivity contribution in [3.63, 3.8) is 0 Å². The number of carbonyl (C=O) groups excluding carboxylic acids is 1. The fourth-order valence-corrected chi connectivity index (χ4v) is 2.73. The number of aromatic nitrogens is 2. The normalized spacial score (nSPS) is 19.4. The Labute approximate surface area is 148 Å². The molecule has 0 radical (unpaired) electrons. The zero-order valence-electron chi connectivity index (χ0n) is 14.4. The van der Waals surface area contributed by atoms with Gasteiger partial charge in [-0.3, -0.25) is 4.98 Å². The lowest BCUT2D eigenvalue weighted by Crippen LogP contribution is -2.35. The highest BCUT2D eigenvalue weighted by Crippen LogP contribution is 2.21. The number of likely N-dealkylation sites (tertiary alicyclic amines) is 1. The minimum atomic E-state index is -0.563. The van der Waals surface area contributed by atoms with Gasteiger partial charge in [-0.1, -0.05) is 21.3 Å². The zero-order chi connectivity index (χ0) is 17.5. The summed E-state index contributed by atoms with van der Waals surface area (Å²) in [5, 5.41) is 3.33. The molecule has 0 bridgehead atoms. The first-order valence-corrected chi connectivity index (χ1v) is 8.24. The number of anilines is 1. The standard InChI is InChI=1S/C16H25FN4O3.CH4/c1-4-11-8-18-12(5-2)15(19-11)20-13-9-21(16(22)23-3)10-14(13)24-7-6-17;/h8,13-14H,4-7,9-10H2,1-3H3,(H,19,20);1H4/t13-,14+;/m1./s1. The summed E-state index contributed by atoms with van der Waals surface area (Å²) in [5.74, 6) is 0.697. The zero-order valence-corrected chi connectivity index (χ0v) is 14.4. The molecule has 2 heterocycles. The number of hydrogen-bond acceptors (Lipinski definition) is 6. The SMILES string of the molecule is C.CCc1cnc(CC)c(N[C@@H]2CN(C(=O)OC)C[C@@H]2OCCF)n1. The van der Waals surface area contributed by atoms with E-state index in [4.69, 9.17) is 9.47 Å². The average molecular weight is 356 g/mol. The number of nitrogens with zero attached hydrogens (tertiary/aromatic N) is 3. The minimum absolute atomic E-state index is 0. The summed E-state index contributed by atoms with van der Waals surface area (Å²) in [6.45, 7) is 4.22. The molecule has 0 spiro atoms. The molecule has 0 aromatic carbocycles. The summed E-state index contributed by atoms with van der Waals surface area (Å²) in [5.41, 5.74) is 1.74. The second-order valence-corrected chi connectivity index (χ2v) is 5.59. The fourth-order valence-electron chi connectivity index (χ4n) is 2.73. The van der Waals surface area contributed by atoms with E-state index in [9.17, 15) is 9.18 Å². The summed E-state index contributed by atoms with van der Waals surface area (Å²) in [7, 11) is 1.34. The van der Waals surface area contributed by atoms with Crippen molar-refractivity contribution in [1.82, 2.24) is 14.9 Å². The molecule has 1 saturated heterocycles. The molecule has 1 aliphatic heterocycles. The highest BCUT2D eigenvalue weighted by Gasteiger charge is 2.37. The second-order valence-electron chi connectivity index (χ2n) is 5.59. The van der Waals surface area contributed by atoms with Gasteiger partial charge in [-0.15, -0.1) is 0 Å². The van der Waals surface area contributed by atoms with Crippen LogP contribution in [0.15, 0.2) is 6.20 Å². The highest BCUT2D eigenvalue weighted by molar-refractivity contribution is 5.68. The lowest BCUT2D eigenvalue weighted by molar-refractivity contribution is 0.0443. The Morgan fingerprint density at radius 1 is 1.40 bits per heavy atom. The molecular formula is C17H29FN4O3. The first-order valence-electron chi connectivity index (χ1n) is 8.24. The van der Waals surface area contributed by atoms with Gasteiger partial charge in [-0.2, -0.15) is 0 Å². The van der Waals surface area contributed by atoms with Gasteiger partial charge < -0.3 is 19.7 Å². The molecule has 7 nitrogen and oxygen atoms in total. The predicted octanol–water partition coefficient (Wildman–Crippen LogP) is 2.45. The van der Waals surface area contributed by atoms with Crippen LogP contribution in [0.5, 0.6) is 0 Å². The number of nitrogens with one attached hydrogen (secondary N) is 1. The molecule has 0 saturated carbocycles. The Morgan fingerprint density at radius 3 is 2.76 bits per heavy atom. The number of ether oxygens (including phenoxy) is 2. The second kappa shape index (κ2) is 10.1. The lowest BCUT2D eigenvalue weighted by atomic mass is 10.2. The van der Waals surface area contributed by atoms with Crippen molar-refractivity contribution < 1.29 is 18.7 Å². The van der Waals surface area contributed by atoms with Crippen molar-refractivity contribution in [2.75, 3.05) is 38.8 Å². The molecule has 1 aromatic rings. The molecule has 1 aromatic heterocycles. The number of alkyl halides is 1. The summed E-state index contributed by atoms with van der Waals surface area (Å²) in [4.78, 5) is 22.3. The first kappa shape index (κ1) is 21.1. The van der Waals surface area contributed by atoms with Crippen LogP contribution in [0.1, 0.15) is 32.7 Å². The Hall–Kier alpha value is -1.96. The van der Waals surface area contributed by atoms with Crippen molar-refractivity contribution >= 4 is 11.9 Å². The third-order valence-electron chi connectivity index (χ3n) is 4.03. The van der Waals surface area contributed by atoms with E-state index in [1.807, 2.05) is 13.8 Å². The van der Waals surface area contributed by atoms with E-state index >= 15 is 0 Å². The molecule has 25 heavy (non-hydrogen) atoms. The van der Waals surface area contributed by atoms with Gasteiger partial charge in [0.25, 0.3) is 0 Å². The summed E-state index contributed by atoms with van der Waals surface area (Å²) in [6.07, 6.45) is 2.56. The van der Waals surface area contributed by atoms with E-state index in [1.54, 1.807) is 11.1 Å². The van der Waals surface area contributed by atoms with Crippen LogP contribution in [0.3, 0.4) is 0 Å². The largest absolute Gasteiger partial charge is 0.453 e. The molecule has 0 unspecified atom stereocenters. The molecule has 0 aliphatic carbocycles. The van der Waals surface area contributed by atoms with E-state index in [-0.39, 0.29) is 26.2 Å². The van der Waals surface area contributed by atoms with Gasteiger partial charge in [0.1, 0.15) is 12.5 Å². The molecule has 1 fully saturated rings. The molecule has 1 N–H and O–H groups in total. The van der Waals surface area contributed by atoms with Gasteiger partial charge in [-0.05, 0) is 12.8 Å². The molecular weight excluding hydrogens is 327 g/mol. The van der Waals surface area contributed by atoms with Crippen LogP contribution in [0.25, 0.3) is 0 Å². The number of amides is 1. The Bertz CT molecular complexity index is 559. The Balaban J connectivity index is 0.00000312. The quantitative estimate of drug-likeness (QED) is 0.809. The van der Waals surface area contributed by atoms with Gasteiger partial charge in [0.2, 0.25) is 0 Å². The molecule has 2 atom stereocenters.